The Hall–Kier alpha value is 0.300. The maximum atomic E-state index is 6.24. The first-order valence-corrected chi connectivity index (χ1v) is 9.25. The zero-order valence-electron chi connectivity index (χ0n) is 11.3. The molecule has 0 unspecified atom stereocenters. The predicted octanol–water partition coefficient (Wildman–Crippen LogP) is 5.26. The maximum absolute atomic E-state index is 6.24. The first-order valence-electron chi connectivity index (χ1n) is 6.85. The Morgan fingerprint density at radius 1 is 1.32 bits per heavy atom. The van der Waals surface area contributed by atoms with Crippen LogP contribution in [0.25, 0.3) is 0 Å². The van der Waals surface area contributed by atoms with Crippen LogP contribution in [0.5, 0.6) is 0 Å². The molecule has 1 aromatic rings. The van der Waals surface area contributed by atoms with Gasteiger partial charge in [0.1, 0.15) is 0 Å². The molecule has 1 nitrogen and oxygen atoms in total. The van der Waals surface area contributed by atoms with E-state index >= 15 is 0 Å². The molecule has 0 aliphatic heterocycles. The number of thioether (sulfide) groups is 1. The lowest BCUT2D eigenvalue weighted by molar-refractivity contribution is 0.379. The van der Waals surface area contributed by atoms with Gasteiger partial charge < -0.3 is 5.32 Å². The van der Waals surface area contributed by atoms with Crippen molar-refractivity contribution in [2.24, 2.45) is 0 Å². The molecule has 1 N–H and O–H groups in total. The lowest BCUT2D eigenvalue weighted by Crippen LogP contribution is -2.39. The second-order valence-corrected chi connectivity index (χ2v) is 7.88. The van der Waals surface area contributed by atoms with E-state index in [1.807, 2.05) is 23.9 Å². The maximum Gasteiger partial charge on any atom is 0.0462 e. The van der Waals surface area contributed by atoms with Crippen molar-refractivity contribution in [2.75, 3.05) is 12.8 Å². The Morgan fingerprint density at radius 3 is 2.68 bits per heavy atom. The summed E-state index contributed by atoms with van der Waals surface area (Å²) in [6, 6.07) is 6.10. The SMILES string of the molecule is CSC1(CNCc2ccc(Br)cc2Cl)CCCCC1. The van der Waals surface area contributed by atoms with Crippen LogP contribution in [0.15, 0.2) is 22.7 Å². The molecule has 1 aliphatic carbocycles. The van der Waals surface area contributed by atoms with Gasteiger partial charge in [-0.3, -0.25) is 0 Å². The Bertz CT molecular complexity index is 419. The number of hydrogen-bond donors (Lipinski definition) is 1. The van der Waals surface area contributed by atoms with Crippen LogP contribution in [0.1, 0.15) is 37.7 Å². The molecule has 0 radical (unpaired) electrons. The van der Waals surface area contributed by atoms with E-state index < -0.39 is 0 Å². The highest BCUT2D eigenvalue weighted by molar-refractivity contribution is 9.10. The van der Waals surface area contributed by atoms with Gasteiger partial charge in [0.25, 0.3) is 0 Å². The molecule has 0 amide bonds. The molecule has 2 rings (SSSR count). The fourth-order valence-electron chi connectivity index (χ4n) is 2.74. The summed E-state index contributed by atoms with van der Waals surface area (Å²) in [5, 5.41) is 4.44. The second kappa shape index (κ2) is 7.35. The van der Waals surface area contributed by atoms with Gasteiger partial charge in [0.05, 0.1) is 0 Å². The molecule has 19 heavy (non-hydrogen) atoms. The zero-order chi connectivity index (χ0) is 13.7. The average molecular weight is 363 g/mol. The quantitative estimate of drug-likeness (QED) is 0.767. The van der Waals surface area contributed by atoms with Crippen LogP contribution in [-0.2, 0) is 6.54 Å². The van der Waals surface area contributed by atoms with Crippen LogP contribution in [0.4, 0.5) is 0 Å². The molecule has 0 bridgehead atoms. The number of hydrogen-bond acceptors (Lipinski definition) is 2. The van der Waals surface area contributed by atoms with Crippen molar-refractivity contribution in [3.8, 4) is 0 Å². The summed E-state index contributed by atoms with van der Waals surface area (Å²) in [4.78, 5) is 0. The van der Waals surface area contributed by atoms with Crippen LogP contribution < -0.4 is 5.32 Å². The Balaban J connectivity index is 1.88. The molecule has 4 heteroatoms. The standard InChI is InChI=1S/C15H21BrClNS/c1-19-15(7-3-2-4-8-15)11-18-10-12-5-6-13(16)9-14(12)17/h5-6,9,18H,2-4,7-8,10-11H2,1H3. The van der Waals surface area contributed by atoms with Gasteiger partial charge in [-0.1, -0.05) is 52.9 Å². The van der Waals surface area contributed by atoms with Crippen LogP contribution >= 0.6 is 39.3 Å². The molecular weight excluding hydrogens is 342 g/mol. The van der Waals surface area contributed by atoms with E-state index in [1.54, 1.807) is 0 Å². The third-order valence-electron chi connectivity index (χ3n) is 3.98. The smallest absolute Gasteiger partial charge is 0.0462 e. The molecule has 1 aromatic carbocycles. The van der Waals surface area contributed by atoms with E-state index in [0.29, 0.717) is 4.75 Å². The minimum absolute atomic E-state index is 0.445. The second-order valence-electron chi connectivity index (χ2n) is 5.29. The highest BCUT2D eigenvalue weighted by atomic mass is 79.9. The summed E-state index contributed by atoms with van der Waals surface area (Å²) < 4.78 is 1.48. The van der Waals surface area contributed by atoms with E-state index in [9.17, 15) is 0 Å². The Kier molecular flexibility index (Phi) is 6.07. The topological polar surface area (TPSA) is 12.0 Å². The summed E-state index contributed by atoms with van der Waals surface area (Å²) in [6.07, 6.45) is 9.09. The van der Waals surface area contributed by atoms with E-state index in [4.69, 9.17) is 11.6 Å². The molecule has 0 aromatic heterocycles. The third-order valence-corrected chi connectivity index (χ3v) is 6.24. The van der Waals surface area contributed by atoms with Crippen molar-refractivity contribution in [2.45, 2.75) is 43.4 Å². The Labute approximate surface area is 134 Å². The van der Waals surface area contributed by atoms with Gasteiger partial charge in [-0.15, -0.1) is 0 Å². The highest BCUT2D eigenvalue weighted by Crippen LogP contribution is 2.38. The molecule has 1 aliphatic rings. The van der Waals surface area contributed by atoms with Crippen LogP contribution in [0, 0.1) is 0 Å². The van der Waals surface area contributed by atoms with Gasteiger partial charge in [0.2, 0.25) is 0 Å². The largest absolute Gasteiger partial charge is 0.311 e. The van der Waals surface area contributed by atoms with Crippen molar-refractivity contribution in [3.05, 3.63) is 33.3 Å². The fraction of sp³-hybridized carbons (Fsp3) is 0.600. The van der Waals surface area contributed by atoms with Gasteiger partial charge in [0, 0.05) is 27.3 Å². The van der Waals surface area contributed by atoms with E-state index in [-0.39, 0.29) is 0 Å². The fourth-order valence-corrected chi connectivity index (χ4v) is 4.42. The normalized spacial score (nSPS) is 18.5. The number of rotatable bonds is 5. The Morgan fingerprint density at radius 2 is 2.05 bits per heavy atom. The van der Waals surface area contributed by atoms with Gasteiger partial charge >= 0.3 is 0 Å². The summed E-state index contributed by atoms with van der Waals surface area (Å²) in [7, 11) is 0. The van der Waals surface area contributed by atoms with Crippen molar-refractivity contribution < 1.29 is 0 Å². The summed E-state index contributed by atoms with van der Waals surface area (Å²) >= 11 is 11.7. The van der Waals surface area contributed by atoms with Crippen LogP contribution in [0.3, 0.4) is 0 Å². The molecular formula is C15H21BrClNS. The molecule has 1 saturated carbocycles. The van der Waals surface area contributed by atoms with Crippen molar-refractivity contribution >= 4 is 39.3 Å². The molecule has 0 saturated heterocycles. The van der Waals surface area contributed by atoms with Crippen molar-refractivity contribution in [1.29, 1.82) is 0 Å². The summed E-state index contributed by atoms with van der Waals surface area (Å²) in [6.45, 7) is 1.94. The number of nitrogens with one attached hydrogen (secondary N) is 1. The molecule has 0 spiro atoms. The predicted molar refractivity (Wildman–Crippen MR) is 90.2 cm³/mol. The molecule has 106 valence electrons. The van der Waals surface area contributed by atoms with Gasteiger partial charge in [-0.25, -0.2) is 0 Å². The lowest BCUT2D eigenvalue weighted by atomic mass is 9.88. The highest BCUT2D eigenvalue weighted by Gasteiger charge is 2.30. The van der Waals surface area contributed by atoms with Gasteiger partial charge in [-0.05, 0) is 36.8 Å². The van der Waals surface area contributed by atoms with Gasteiger partial charge in [-0.2, -0.15) is 11.8 Å². The van der Waals surface area contributed by atoms with Gasteiger partial charge in [0.15, 0.2) is 0 Å². The van der Waals surface area contributed by atoms with Crippen LogP contribution in [-0.4, -0.2) is 17.5 Å². The average Bonchev–Trinajstić information content (AvgIpc) is 2.42. The number of halogens is 2. The van der Waals surface area contributed by atoms with Crippen molar-refractivity contribution in [3.63, 3.8) is 0 Å². The number of benzene rings is 1. The van der Waals surface area contributed by atoms with E-state index in [2.05, 4.69) is 33.6 Å². The minimum Gasteiger partial charge on any atom is -0.311 e. The lowest BCUT2D eigenvalue weighted by Gasteiger charge is -2.36. The molecule has 0 atom stereocenters. The first kappa shape index (κ1) is 15.7. The zero-order valence-corrected chi connectivity index (χ0v) is 14.5. The summed E-state index contributed by atoms with van der Waals surface area (Å²) in [5.74, 6) is 0. The molecule has 1 fully saturated rings. The van der Waals surface area contributed by atoms with Crippen molar-refractivity contribution in [1.82, 2.24) is 5.32 Å². The first-order chi connectivity index (χ1) is 9.15. The summed E-state index contributed by atoms with van der Waals surface area (Å²) in [5.41, 5.74) is 1.18. The van der Waals surface area contributed by atoms with E-state index in [0.717, 1.165) is 22.6 Å². The molecule has 0 heterocycles. The third kappa shape index (κ3) is 4.38. The minimum atomic E-state index is 0.445. The van der Waals surface area contributed by atoms with Crippen LogP contribution in [0.2, 0.25) is 5.02 Å². The van der Waals surface area contributed by atoms with E-state index in [1.165, 1.54) is 37.7 Å². The monoisotopic (exact) mass is 361 g/mol.